The Kier molecular flexibility index (Phi) is 3.66. The van der Waals surface area contributed by atoms with Crippen molar-refractivity contribution in [3.05, 3.63) is 34.4 Å². The molecule has 0 bridgehead atoms. The maximum absolute atomic E-state index is 11.0. The first-order valence-corrected chi connectivity index (χ1v) is 5.62. The summed E-state index contributed by atoms with van der Waals surface area (Å²) in [5, 5.41) is 2.61. The van der Waals surface area contributed by atoms with Crippen LogP contribution in [0.25, 0.3) is 11.2 Å². The van der Waals surface area contributed by atoms with Crippen LogP contribution in [0.1, 0.15) is 12.5 Å². The number of carbonyl (C=O) groups is 1. The summed E-state index contributed by atoms with van der Waals surface area (Å²) in [4.78, 5) is 21.9. The van der Waals surface area contributed by atoms with Gasteiger partial charge in [-0.15, -0.1) is 0 Å². The number of rotatable bonds is 4. The molecule has 1 heterocycles. The molecule has 6 heteroatoms. The lowest BCUT2D eigenvalue weighted by molar-refractivity contribution is 0.152. The van der Waals surface area contributed by atoms with Crippen LogP contribution in [0.3, 0.4) is 0 Å². The maximum atomic E-state index is 11.0. The molecular formula is C12H13NO5. The Morgan fingerprint density at radius 1 is 1.33 bits per heavy atom. The van der Waals surface area contributed by atoms with Crippen molar-refractivity contribution in [3.63, 3.8) is 0 Å². The molecule has 2 rings (SSSR count). The normalized spacial score (nSPS) is 10.5. The van der Waals surface area contributed by atoms with Gasteiger partial charge in [0.2, 0.25) is 0 Å². The summed E-state index contributed by atoms with van der Waals surface area (Å²) in [7, 11) is 0. The van der Waals surface area contributed by atoms with Crippen LogP contribution in [-0.4, -0.2) is 19.2 Å². The van der Waals surface area contributed by atoms with E-state index in [-0.39, 0.29) is 0 Å². The van der Waals surface area contributed by atoms with E-state index in [9.17, 15) is 9.59 Å². The van der Waals surface area contributed by atoms with Crippen LogP contribution < -0.4 is 11.1 Å². The van der Waals surface area contributed by atoms with Gasteiger partial charge in [-0.2, -0.15) is 0 Å². The van der Waals surface area contributed by atoms with Crippen molar-refractivity contribution in [3.8, 4) is 0 Å². The van der Waals surface area contributed by atoms with Crippen molar-refractivity contribution in [1.29, 1.82) is 0 Å². The van der Waals surface area contributed by atoms with Gasteiger partial charge in [0, 0.05) is 6.54 Å². The van der Waals surface area contributed by atoms with Gasteiger partial charge >= 0.3 is 11.9 Å². The molecular weight excluding hydrogens is 238 g/mol. The van der Waals surface area contributed by atoms with Crippen LogP contribution in [0, 0.1) is 0 Å². The Bertz CT molecular complexity index is 598. The van der Waals surface area contributed by atoms with Crippen molar-refractivity contribution in [2.24, 2.45) is 0 Å². The van der Waals surface area contributed by atoms with E-state index in [1.807, 2.05) is 6.07 Å². The van der Waals surface area contributed by atoms with Gasteiger partial charge in [-0.1, -0.05) is 6.07 Å². The van der Waals surface area contributed by atoms with Crippen molar-refractivity contribution in [2.45, 2.75) is 13.3 Å². The van der Waals surface area contributed by atoms with E-state index < -0.39 is 11.9 Å². The Morgan fingerprint density at radius 2 is 2.11 bits per heavy atom. The lowest BCUT2D eigenvalue weighted by Crippen LogP contribution is -2.26. The fourth-order valence-electron chi connectivity index (χ4n) is 1.56. The Hall–Kier alpha value is -2.24. The summed E-state index contributed by atoms with van der Waals surface area (Å²) in [5.74, 6) is -0.716. The van der Waals surface area contributed by atoms with Crippen molar-refractivity contribution < 1.29 is 18.4 Å². The number of benzene rings is 1. The number of hydrogen-bond donors (Lipinski definition) is 1. The fourth-order valence-corrected chi connectivity index (χ4v) is 1.56. The highest BCUT2D eigenvalue weighted by Crippen LogP contribution is 2.14. The van der Waals surface area contributed by atoms with Gasteiger partial charge < -0.3 is 18.9 Å². The quantitative estimate of drug-likeness (QED) is 0.893. The third-order valence-electron chi connectivity index (χ3n) is 2.35. The minimum atomic E-state index is -0.716. The lowest BCUT2D eigenvalue weighted by atomic mass is 10.1. The molecule has 0 atom stereocenters. The Balaban J connectivity index is 1.95. The van der Waals surface area contributed by atoms with E-state index in [2.05, 4.69) is 5.32 Å². The molecule has 0 aliphatic carbocycles. The molecule has 0 unspecified atom stereocenters. The molecule has 6 nitrogen and oxygen atoms in total. The van der Waals surface area contributed by atoms with E-state index >= 15 is 0 Å². The monoisotopic (exact) mass is 251 g/mol. The molecule has 0 spiro atoms. The zero-order chi connectivity index (χ0) is 13.0. The predicted octanol–water partition coefficient (Wildman–Crippen LogP) is 1.67. The zero-order valence-corrected chi connectivity index (χ0v) is 9.89. The van der Waals surface area contributed by atoms with E-state index in [0.29, 0.717) is 30.7 Å². The second-order valence-electron chi connectivity index (χ2n) is 3.63. The Labute approximate surface area is 103 Å². The minimum Gasteiger partial charge on any atom is -0.450 e. The number of amides is 1. The van der Waals surface area contributed by atoms with Gasteiger partial charge in [-0.3, -0.25) is 0 Å². The molecule has 0 saturated heterocycles. The third-order valence-corrected chi connectivity index (χ3v) is 2.35. The largest absolute Gasteiger partial charge is 0.519 e. The van der Waals surface area contributed by atoms with Crippen LogP contribution in [0.5, 0.6) is 0 Å². The van der Waals surface area contributed by atoms with E-state index in [1.165, 1.54) is 0 Å². The number of ether oxygens (including phenoxy) is 1. The van der Waals surface area contributed by atoms with Gasteiger partial charge in [-0.05, 0) is 31.0 Å². The molecule has 1 N–H and O–H groups in total. The minimum absolute atomic E-state index is 0.345. The third kappa shape index (κ3) is 2.91. The predicted molar refractivity (Wildman–Crippen MR) is 63.5 cm³/mol. The second kappa shape index (κ2) is 5.39. The standard InChI is InChI=1S/C12H13NO5/c1-2-16-11(14)13-6-5-8-3-4-9-10(7-8)18-12(15)17-9/h3-4,7H,2,5-6H2,1H3,(H,13,14). The van der Waals surface area contributed by atoms with Crippen LogP contribution in [0.2, 0.25) is 0 Å². The molecule has 1 aromatic carbocycles. The molecule has 18 heavy (non-hydrogen) atoms. The summed E-state index contributed by atoms with van der Waals surface area (Å²) >= 11 is 0. The number of carbonyl (C=O) groups excluding carboxylic acids is 1. The number of alkyl carbamates (subject to hydrolysis) is 1. The molecule has 0 aliphatic heterocycles. The number of hydrogen-bond acceptors (Lipinski definition) is 5. The van der Waals surface area contributed by atoms with E-state index in [1.54, 1.807) is 19.1 Å². The molecule has 1 aromatic heterocycles. The highest BCUT2D eigenvalue weighted by Gasteiger charge is 2.05. The van der Waals surface area contributed by atoms with Gasteiger partial charge in [-0.25, -0.2) is 9.59 Å². The van der Waals surface area contributed by atoms with Crippen molar-refractivity contribution in [1.82, 2.24) is 5.32 Å². The first-order chi connectivity index (χ1) is 8.69. The highest BCUT2D eigenvalue weighted by atomic mass is 16.6. The van der Waals surface area contributed by atoms with Crippen molar-refractivity contribution >= 4 is 17.3 Å². The summed E-state index contributed by atoms with van der Waals surface area (Å²) in [6, 6.07) is 5.20. The molecule has 1 amide bonds. The topological polar surface area (TPSA) is 81.7 Å². The van der Waals surface area contributed by atoms with Crippen molar-refractivity contribution in [2.75, 3.05) is 13.2 Å². The molecule has 0 fully saturated rings. The summed E-state index contributed by atoms with van der Waals surface area (Å²) in [6.07, 6.45) is 0.178. The second-order valence-corrected chi connectivity index (χ2v) is 3.63. The van der Waals surface area contributed by atoms with Crippen LogP contribution in [-0.2, 0) is 11.2 Å². The summed E-state index contributed by atoms with van der Waals surface area (Å²) in [5.41, 5.74) is 1.76. The molecule has 96 valence electrons. The summed E-state index contributed by atoms with van der Waals surface area (Å²) < 4.78 is 14.4. The maximum Gasteiger partial charge on any atom is 0.519 e. The van der Waals surface area contributed by atoms with Gasteiger partial charge in [0.05, 0.1) is 6.61 Å². The van der Waals surface area contributed by atoms with Crippen LogP contribution in [0.4, 0.5) is 4.79 Å². The fraction of sp³-hybridized carbons (Fsp3) is 0.333. The van der Waals surface area contributed by atoms with Crippen LogP contribution in [0.15, 0.2) is 31.8 Å². The zero-order valence-electron chi connectivity index (χ0n) is 9.89. The lowest BCUT2D eigenvalue weighted by Gasteiger charge is -2.04. The SMILES string of the molecule is CCOC(=O)NCCc1ccc2oc(=O)oc2c1. The average Bonchev–Trinajstić information content (AvgIpc) is 2.69. The van der Waals surface area contributed by atoms with Gasteiger partial charge in [0.25, 0.3) is 0 Å². The highest BCUT2D eigenvalue weighted by molar-refractivity contribution is 5.70. The van der Waals surface area contributed by atoms with Gasteiger partial charge in [0.15, 0.2) is 11.2 Å². The number of fused-ring (bicyclic) bond motifs is 1. The summed E-state index contributed by atoms with van der Waals surface area (Å²) in [6.45, 7) is 2.54. The molecule has 0 aliphatic rings. The molecule has 0 radical (unpaired) electrons. The Morgan fingerprint density at radius 3 is 2.89 bits per heavy atom. The first-order valence-electron chi connectivity index (χ1n) is 5.62. The van der Waals surface area contributed by atoms with Gasteiger partial charge in [0.1, 0.15) is 0 Å². The van der Waals surface area contributed by atoms with Crippen LogP contribution >= 0.6 is 0 Å². The van der Waals surface area contributed by atoms with E-state index in [4.69, 9.17) is 13.6 Å². The number of nitrogens with one attached hydrogen (secondary N) is 1. The molecule has 2 aromatic rings. The average molecular weight is 251 g/mol. The molecule has 0 saturated carbocycles. The van der Waals surface area contributed by atoms with E-state index in [0.717, 1.165) is 5.56 Å². The smallest absolute Gasteiger partial charge is 0.450 e. The first kappa shape index (κ1) is 12.2.